The van der Waals surface area contributed by atoms with Crippen molar-refractivity contribution in [3.63, 3.8) is 0 Å². The zero-order chi connectivity index (χ0) is 22.0. The van der Waals surface area contributed by atoms with Gasteiger partial charge in [0.25, 0.3) is 0 Å². The Bertz CT molecular complexity index is 1300. The van der Waals surface area contributed by atoms with Gasteiger partial charge in [-0.05, 0) is 43.5 Å². The van der Waals surface area contributed by atoms with Crippen molar-refractivity contribution in [2.24, 2.45) is 4.99 Å². The molecule has 0 aliphatic heterocycles. The normalized spacial score (nSPS) is 12.7. The van der Waals surface area contributed by atoms with Crippen LogP contribution in [-0.2, 0) is 0 Å². The van der Waals surface area contributed by atoms with Crippen molar-refractivity contribution in [2.45, 2.75) is 20.8 Å². The summed E-state index contributed by atoms with van der Waals surface area (Å²) in [5.41, 5.74) is 11.2. The van der Waals surface area contributed by atoms with E-state index in [1.807, 2.05) is 6.08 Å². The van der Waals surface area contributed by atoms with Gasteiger partial charge in [-0.25, -0.2) is 0 Å². The molecule has 0 unspecified atom stereocenters. The first-order valence-corrected chi connectivity index (χ1v) is 10.6. The van der Waals surface area contributed by atoms with Crippen LogP contribution in [0.15, 0.2) is 84.4 Å². The summed E-state index contributed by atoms with van der Waals surface area (Å²) >= 11 is 0. The van der Waals surface area contributed by atoms with Gasteiger partial charge in [0.2, 0.25) is 0 Å². The molecule has 0 amide bonds. The number of fused-ring (bicyclic) bond motifs is 1. The highest BCUT2D eigenvalue weighted by Crippen LogP contribution is 2.30. The van der Waals surface area contributed by atoms with Crippen molar-refractivity contribution >= 4 is 47.3 Å². The second-order valence-electron chi connectivity index (χ2n) is 8.03. The Balaban J connectivity index is 1.90. The van der Waals surface area contributed by atoms with E-state index in [9.17, 15) is 0 Å². The Morgan fingerprint density at radius 1 is 0.903 bits per heavy atom. The zero-order valence-corrected chi connectivity index (χ0v) is 18.7. The topological polar surface area (TPSA) is 28.1 Å². The Morgan fingerprint density at radius 2 is 1.55 bits per heavy atom. The molecule has 3 aromatic carbocycles. The number of aliphatic imine (C=N–C) groups is 1. The number of aromatic nitrogens is 1. The third kappa shape index (κ3) is 4.17. The lowest BCUT2D eigenvalue weighted by Crippen LogP contribution is -2.02. The van der Waals surface area contributed by atoms with Crippen molar-refractivity contribution in [3.8, 4) is 0 Å². The van der Waals surface area contributed by atoms with Crippen LogP contribution in [0.1, 0.15) is 41.8 Å². The average Bonchev–Trinajstić information content (AvgIpc) is 3.13. The summed E-state index contributed by atoms with van der Waals surface area (Å²) in [6.45, 7) is 10.2. The number of H-pyrrole nitrogens is 1. The highest BCUT2D eigenvalue weighted by molar-refractivity contribution is 6.32. The van der Waals surface area contributed by atoms with Gasteiger partial charge in [-0.2, -0.15) is 0 Å². The standard InChI is InChI=1S/C28H27BN2/c1-5-21-10-12-22(13-11-21)18(2)28(23-14-16-24(29)17-15-23)31-20(4)27-19(3)30-26-9-7-6-8-25(26)27/h5-17,30H,1,29H2,2-4H3/b28-18+,31-20?. The molecule has 1 heterocycles. The van der Waals surface area contributed by atoms with E-state index in [4.69, 9.17) is 4.99 Å². The molecule has 1 aromatic heterocycles. The van der Waals surface area contributed by atoms with Crippen molar-refractivity contribution < 1.29 is 0 Å². The molecule has 31 heavy (non-hydrogen) atoms. The fourth-order valence-corrected chi connectivity index (χ4v) is 4.05. The summed E-state index contributed by atoms with van der Waals surface area (Å²) in [5, 5.41) is 1.21. The second kappa shape index (κ2) is 8.65. The van der Waals surface area contributed by atoms with Gasteiger partial charge in [0.05, 0.1) is 5.70 Å². The number of para-hydroxylation sites is 1. The van der Waals surface area contributed by atoms with Crippen molar-refractivity contribution in [3.05, 3.63) is 107 Å². The molecule has 0 radical (unpaired) electrons. The SMILES string of the molecule is Bc1ccc(/C(N=C(C)c2c(C)[nH]c3ccccc23)=C(/C)c2ccc(C=C)cc2)cc1. The number of aryl methyl sites for hydroxylation is 1. The van der Waals surface area contributed by atoms with Crippen molar-refractivity contribution in [2.75, 3.05) is 0 Å². The number of aromatic amines is 1. The third-order valence-corrected chi connectivity index (χ3v) is 5.79. The Morgan fingerprint density at radius 3 is 2.23 bits per heavy atom. The first-order valence-electron chi connectivity index (χ1n) is 10.6. The third-order valence-electron chi connectivity index (χ3n) is 5.79. The van der Waals surface area contributed by atoms with Gasteiger partial charge in [0.15, 0.2) is 0 Å². The lowest BCUT2D eigenvalue weighted by molar-refractivity contribution is 1.28. The molecule has 0 spiro atoms. The Labute approximate surface area is 185 Å². The van der Waals surface area contributed by atoms with Crippen LogP contribution in [0.2, 0.25) is 0 Å². The van der Waals surface area contributed by atoms with E-state index in [2.05, 4.69) is 113 Å². The molecular weight excluding hydrogens is 375 g/mol. The number of hydrogen-bond donors (Lipinski definition) is 1. The van der Waals surface area contributed by atoms with Crippen LogP contribution >= 0.6 is 0 Å². The van der Waals surface area contributed by atoms with E-state index < -0.39 is 0 Å². The molecule has 0 bridgehead atoms. The van der Waals surface area contributed by atoms with Crippen LogP contribution in [-0.4, -0.2) is 18.5 Å². The van der Waals surface area contributed by atoms with Crippen molar-refractivity contribution in [1.29, 1.82) is 0 Å². The summed E-state index contributed by atoms with van der Waals surface area (Å²) in [6.07, 6.45) is 1.87. The molecule has 0 aliphatic carbocycles. The van der Waals surface area contributed by atoms with E-state index >= 15 is 0 Å². The van der Waals surface area contributed by atoms with Gasteiger partial charge < -0.3 is 4.98 Å². The molecule has 4 aromatic rings. The van der Waals surface area contributed by atoms with Gasteiger partial charge in [-0.1, -0.05) is 84.8 Å². The maximum atomic E-state index is 5.20. The molecule has 2 nitrogen and oxygen atoms in total. The summed E-state index contributed by atoms with van der Waals surface area (Å²) in [6, 6.07) is 25.5. The van der Waals surface area contributed by atoms with Gasteiger partial charge in [0.1, 0.15) is 7.85 Å². The lowest BCUT2D eigenvalue weighted by Gasteiger charge is -2.12. The number of nitrogens with one attached hydrogen (secondary N) is 1. The number of nitrogens with zero attached hydrogens (tertiary/aromatic N) is 1. The Kier molecular flexibility index (Phi) is 5.77. The summed E-state index contributed by atoms with van der Waals surface area (Å²) < 4.78 is 0. The van der Waals surface area contributed by atoms with Crippen LogP contribution in [0.4, 0.5) is 0 Å². The first-order chi connectivity index (χ1) is 15.0. The van der Waals surface area contributed by atoms with Gasteiger partial charge in [0, 0.05) is 33.4 Å². The van der Waals surface area contributed by atoms with E-state index in [-0.39, 0.29) is 0 Å². The van der Waals surface area contributed by atoms with Gasteiger partial charge >= 0.3 is 0 Å². The van der Waals surface area contributed by atoms with Crippen molar-refractivity contribution in [1.82, 2.24) is 4.98 Å². The smallest absolute Gasteiger partial charge is 0.139 e. The number of allylic oxidation sites excluding steroid dienone is 1. The van der Waals surface area contributed by atoms with Crippen LogP contribution in [0.5, 0.6) is 0 Å². The van der Waals surface area contributed by atoms with E-state index in [1.54, 1.807) is 0 Å². The molecule has 4 rings (SSSR count). The number of benzene rings is 3. The second-order valence-corrected chi connectivity index (χ2v) is 8.03. The van der Waals surface area contributed by atoms with E-state index in [0.717, 1.165) is 44.9 Å². The van der Waals surface area contributed by atoms with Gasteiger partial charge in [-0.15, -0.1) is 0 Å². The molecule has 0 aliphatic rings. The first kappa shape index (κ1) is 20.7. The summed E-state index contributed by atoms with van der Waals surface area (Å²) in [7, 11) is 2.11. The highest BCUT2D eigenvalue weighted by atomic mass is 14.8. The quantitative estimate of drug-likeness (QED) is 0.249. The van der Waals surface area contributed by atoms with Crippen LogP contribution < -0.4 is 5.46 Å². The molecule has 3 heteroatoms. The van der Waals surface area contributed by atoms with E-state index in [0.29, 0.717) is 0 Å². The maximum Gasteiger partial charge on any atom is 0.139 e. The van der Waals surface area contributed by atoms with Crippen LogP contribution in [0.3, 0.4) is 0 Å². The number of rotatable bonds is 5. The van der Waals surface area contributed by atoms with Gasteiger partial charge in [-0.3, -0.25) is 4.99 Å². The molecule has 0 atom stereocenters. The average molecular weight is 402 g/mol. The minimum atomic E-state index is 0.994. The minimum Gasteiger partial charge on any atom is -0.358 e. The molecular formula is C28H27BN2. The highest BCUT2D eigenvalue weighted by Gasteiger charge is 2.13. The fraction of sp³-hybridized carbons (Fsp3) is 0.107. The monoisotopic (exact) mass is 402 g/mol. The molecule has 1 N–H and O–H groups in total. The summed E-state index contributed by atoms with van der Waals surface area (Å²) in [4.78, 5) is 8.70. The zero-order valence-electron chi connectivity index (χ0n) is 18.7. The maximum absolute atomic E-state index is 5.20. The molecule has 0 saturated carbocycles. The number of hydrogen-bond acceptors (Lipinski definition) is 1. The van der Waals surface area contributed by atoms with Crippen LogP contribution in [0.25, 0.3) is 28.2 Å². The Hall–Kier alpha value is -3.59. The molecule has 152 valence electrons. The summed E-state index contributed by atoms with van der Waals surface area (Å²) in [5.74, 6) is 0. The van der Waals surface area contributed by atoms with Crippen LogP contribution in [0, 0.1) is 6.92 Å². The lowest BCUT2D eigenvalue weighted by atomic mass is 9.93. The molecule has 0 saturated heterocycles. The largest absolute Gasteiger partial charge is 0.358 e. The minimum absolute atomic E-state index is 0.994. The van der Waals surface area contributed by atoms with E-state index in [1.165, 1.54) is 16.4 Å². The predicted octanol–water partition coefficient (Wildman–Crippen LogP) is 5.78. The predicted molar refractivity (Wildman–Crippen MR) is 139 cm³/mol. The fourth-order valence-electron chi connectivity index (χ4n) is 4.05. The molecule has 0 fully saturated rings.